The molecule has 3 aromatic heterocycles. The molecule has 5 heteroatoms. The van der Waals surface area contributed by atoms with Crippen molar-refractivity contribution in [3.05, 3.63) is 138 Å². The predicted octanol–water partition coefficient (Wildman–Crippen LogP) is 14.1. The summed E-state index contributed by atoms with van der Waals surface area (Å²) in [7, 11) is 2.48. The van der Waals surface area contributed by atoms with Crippen molar-refractivity contribution in [1.29, 1.82) is 0 Å². The van der Waals surface area contributed by atoms with Crippen molar-refractivity contribution in [3.63, 3.8) is 0 Å². The van der Waals surface area contributed by atoms with Crippen molar-refractivity contribution in [2.24, 2.45) is 0 Å². The summed E-state index contributed by atoms with van der Waals surface area (Å²) >= 11 is 1.89. The molecule has 10 aromatic rings. The van der Waals surface area contributed by atoms with Gasteiger partial charge in [0.05, 0.1) is 5.52 Å². The zero-order valence-electron chi connectivity index (χ0n) is 34.8. The molecule has 12 rings (SSSR count). The second-order valence-electron chi connectivity index (χ2n) is 19.5. The Morgan fingerprint density at radius 3 is 2.15 bits per heavy atom. The van der Waals surface area contributed by atoms with Crippen LogP contribution in [-0.2, 0) is 16.2 Å². The van der Waals surface area contributed by atoms with Crippen molar-refractivity contribution in [2.45, 2.75) is 77.6 Å². The minimum Gasteiger partial charge on any atom is -0.456 e. The van der Waals surface area contributed by atoms with Gasteiger partial charge < -0.3 is 14.3 Å². The zero-order chi connectivity index (χ0) is 40.2. The van der Waals surface area contributed by atoms with Crippen molar-refractivity contribution >= 4 is 105 Å². The van der Waals surface area contributed by atoms with Gasteiger partial charge in [0.25, 0.3) is 0 Å². The van der Waals surface area contributed by atoms with Gasteiger partial charge in [-0.3, -0.25) is 0 Å². The molecular formula is C54H46BN2OS. The highest BCUT2D eigenvalue weighted by Crippen LogP contribution is 2.50. The second kappa shape index (κ2) is 11.9. The van der Waals surface area contributed by atoms with Crippen LogP contribution in [0.15, 0.2) is 126 Å². The lowest BCUT2D eigenvalue weighted by Crippen LogP contribution is -2.37. The average Bonchev–Trinajstić information content (AvgIpc) is 3.89. The number of hydrogen-bond acceptors (Lipinski definition) is 3. The van der Waals surface area contributed by atoms with Gasteiger partial charge >= 0.3 is 0 Å². The van der Waals surface area contributed by atoms with Crippen LogP contribution in [0.4, 0.5) is 11.4 Å². The maximum absolute atomic E-state index is 6.52. The molecule has 1 aliphatic carbocycles. The van der Waals surface area contributed by atoms with Gasteiger partial charge in [0, 0.05) is 64.5 Å². The minimum atomic E-state index is 0.0542. The SMILES string of the molecule is CC(C)(C)c1ccc(Nc2cc3c(cc2-c2ccc4c5c6c(ccc5n5c4c2[B]c2cc4c(cc2-5)sc2ccccc24)oc2ccccc26)C(C)(C)CCC3(C)C)cc1. The molecule has 4 heterocycles. The number of hydrogen-bond donors (Lipinski definition) is 1. The molecule has 7 aromatic carbocycles. The Balaban J connectivity index is 1.18. The smallest absolute Gasteiger partial charge is 0.197 e. The number of nitrogens with one attached hydrogen (secondary N) is 1. The molecule has 1 radical (unpaired) electrons. The number of para-hydroxylation sites is 1. The first-order chi connectivity index (χ1) is 28.3. The van der Waals surface area contributed by atoms with E-state index in [1.54, 1.807) is 0 Å². The summed E-state index contributed by atoms with van der Waals surface area (Å²) in [6.45, 7) is 16.6. The fourth-order valence-electron chi connectivity index (χ4n) is 10.5. The van der Waals surface area contributed by atoms with Gasteiger partial charge in [0.15, 0.2) is 7.28 Å². The van der Waals surface area contributed by atoms with E-state index in [1.807, 2.05) is 11.3 Å². The van der Waals surface area contributed by atoms with Crippen LogP contribution in [0.5, 0.6) is 0 Å². The Bertz CT molecular complexity index is 3420. The van der Waals surface area contributed by atoms with E-state index in [2.05, 4.69) is 187 Å². The third-order valence-electron chi connectivity index (χ3n) is 13.9. The van der Waals surface area contributed by atoms with E-state index in [0.717, 1.165) is 40.8 Å². The number of thiophene rings is 1. The van der Waals surface area contributed by atoms with Gasteiger partial charge in [-0.25, -0.2) is 0 Å². The standard InChI is InChI=1S/C54H46BN2OS/c1-52(2,3)30-16-18-31(19-17-30)56-41-28-39-38(53(4,5)24-25-54(39,6)7)26-36(41)33-20-21-35-48-42(22-23-45-49(48)34-13-8-10-14-44(34)58-45)57-43-29-47-37(27-40(43)55-50(33)51(35)57)32-12-9-11-15-46(32)59-47/h8-23,26-29,56H,24-25H2,1-7H3. The molecular weight excluding hydrogens is 735 g/mol. The summed E-state index contributed by atoms with van der Waals surface area (Å²) in [5.74, 6) is 0. The maximum atomic E-state index is 6.52. The molecule has 1 aliphatic heterocycles. The van der Waals surface area contributed by atoms with Crippen molar-refractivity contribution in [1.82, 2.24) is 4.57 Å². The summed E-state index contributed by atoms with van der Waals surface area (Å²) < 4.78 is 11.7. The van der Waals surface area contributed by atoms with E-state index in [0.29, 0.717) is 0 Å². The minimum absolute atomic E-state index is 0.0542. The van der Waals surface area contributed by atoms with E-state index < -0.39 is 0 Å². The Kier molecular flexibility index (Phi) is 7.11. The Morgan fingerprint density at radius 2 is 1.37 bits per heavy atom. The Hall–Kier alpha value is -5.78. The molecule has 59 heavy (non-hydrogen) atoms. The van der Waals surface area contributed by atoms with Crippen LogP contribution in [-0.4, -0.2) is 11.8 Å². The lowest BCUT2D eigenvalue weighted by atomic mass is 9.58. The third-order valence-corrected chi connectivity index (χ3v) is 15.0. The molecule has 287 valence electrons. The fourth-order valence-corrected chi connectivity index (χ4v) is 11.6. The van der Waals surface area contributed by atoms with E-state index >= 15 is 0 Å². The summed E-state index contributed by atoms with van der Waals surface area (Å²) in [5, 5.41) is 11.5. The Labute approximate surface area is 349 Å². The van der Waals surface area contributed by atoms with Gasteiger partial charge in [-0.05, 0) is 117 Å². The van der Waals surface area contributed by atoms with Crippen molar-refractivity contribution in [3.8, 4) is 16.8 Å². The van der Waals surface area contributed by atoms with E-state index in [-0.39, 0.29) is 16.2 Å². The van der Waals surface area contributed by atoms with Crippen molar-refractivity contribution in [2.75, 3.05) is 5.32 Å². The molecule has 0 unspecified atom stereocenters. The first-order valence-corrected chi connectivity index (χ1v) is 21.9. The van der Waals surface area contributed by atoms with Crippen LogP contribution in [0.3, 0.4) is 0 Å². The van der Waals surface area contributed by atoms with Gasteiger partial charge in [-0.1, -0.05) is 121 Å². The number of aromatic nitrogens is 1. The summed E-state index contributed by atoms with van der Waals surface area (Å²) in [5.41, 5.74) is 17.2. The number of fused-ring (bicyclic) bond motifs is 13. The highest BCUT2D eigenvalue weighted by molar-refractivity contribution is 7.25. The summed E-state index contributed by atoms with van der Waals surface area (Å²) in [6, 6.07) is 45.6. The van der Waals surface area contributed by atoms with Gasteiger partial charge in [0.1, 0.15) is 11.2 Å². The highest BCUT2D eigenvalue weighted by atomic mass is 32.1. The van der Waals surface area contributed by atoms with Crippen LogP contribution in [0.1, 0.15) is 78.0 Å². The van der Waals surface area contributed by atoms with Gasteiger partial charge in [0.2, 0.25) is 0 Å². The van der Waals surface area contributed by atoms with E-state index in [1.165, 1.54) is 91.8 Å². The topological polar surface area (TPSA) is 30.1 Å². The normalized spacial score (nSPS) is 15.6. The predicted molar refractivity (Wildman–Crippen MR) is 255 cm³/mol. The first kappa shape index (κ1) is 35.2. The summed E-state index contributed by atoms with van der Waals surface area (Å²) in [4.78, 5) is 0. The first-order valence-electron chi connectivity index (χ1n) is 21.1. The van der Waals surface area contributed by atoms with Crippen LogP contribution >= 0.6 is 11.3 Å². The van der Waals surface area contributed by atoms with Crippen LogP contribution < -0.4 is 16.2 Å². The van der Waals surface area contributed by atoms with Crippen LogP contribution in [0.25, 0.3) is 80.7 Å². The third kappa shape index (κ3) is 5.07. The molecule has 0 atom stereocenters. The van der Waals surface area contributed by atoms with Gasteiger partial charge in [-0.2, -0.15) is 0 Å². The summed E-state index contributed by atoms with van der Waals surface area (Å²) in [6.07, 6.45) is 2.32. The molecule has 0 amide bonds. The average molecular weight is 782 g/mol. The Morgan fingerprint density at radius 1 is 0.644 bits per heavy atom. The molecule has 0 saturated heterocycles. The van der Waals surface area contributed by atoms with E-state index in [9.17, 15) is 0 Å². The molecule has 0 spiro atoms. The molecule has 3 nitrogen and oxygen atoms in total. The second-order valence-corrected chi connectivity index (χ2v) is 20.6. The molecule has 1 N–H and O–H groups in total. The van der Waals surface area contributed by atoms with Crippen LogP contribution in [0.2, 0.25) is 0 Å². The molecule has 0 saturated carbocycles. The monoisotopic (exact) mass is 781 g/mol. The van der Waals surface area contributed by atoms with Crippen LogP contribution in [0, 0.1) is 0 Å². The number of benzene rings is 7. The lowest BCUT2D eigenvalue weighted by Gasteiger charge is -2.42. The highest BCUT2D eigenvalue weighted by Gasteiger charge is 2.38. The number of rotatable bonds is 3. The van der Waals surface area contributed by atoms with E-state index in [4.69, 9.17) is 4.42 Å². The number of anilines is 2. The van der Waals surface area contributed by atoms with Crippen molar-refractivity contribution < 1.29 is 4.42 Å². The maximum Gasteiger partial charge on any atom is 0.197 e. The fraction of sp³-hybridized carbons (Fsp3) is 0.222. The number of nitrogens with zero attached hydrogens (tertiary/aromatic N) is 1. The molecule has 0 bridgehead atoms. The van der Waals surface area contributed by atoms with Gasteiger partial charge in [-0.15, -0.1) is 11.3 Å². The molecule has 0 fully saturated rings. The molecule has 2 aliphatic rings. The number of furan rings is 1. The lowest BCUT2D eigenvalue weighted by molar-refractivity contribution is 0.332. The zero-order valence-corrected chi connectivity index (χ0v) is 35.6. The quantitative estimate of drug-likeness (QED) is 0.181. The largest absolute Gasteiger partial charge is 0.456 e.